The van der Waals surface area contributed by atoms with E-state index in [1.807, 2.05) is 60.7 Å². The minimum Gasteiger partial charge on any atom is -0.480 e. The van der Waals surface area contributed by atoms with Crippen LogP contribution in [0.1, 0.15) is 36.8 Å². The Bertz CT molecular complexity index is 903. The number of benzene rings is 2. The number of likely N-dealkylation sites (tertiary alicyclic amines) is 1. The smallest absolute Gasteiger partial charge is 0.326 e. The number of carbonyl (C=O) groups excluding carboxylic acids is 1. The summed E-state index contributed by atoms with van der Waals surface area (Å²) in [6, 6.07) is 16.5. The number of hydrogen-bond acceptors (Lipinski definition) is 4. The Morgan fingerprint density at radius 3 is 2.23 bits per heavy atom. The topological polar surface area (TPSA) is 107 Å². The zero-order valence-electron chi connectivity index (χ0n) is 17.5. The normalized spacial score (nSPS) is 20.2. The van der Waals surface area contributed by atoms with E-state index < -0.39 is 36.0 Å². The number of aliphatic carboxylic acids is 2. The van der Waals surface area contributed by atoms with Gasteiger partial charge < -0.3 is 15.1 Å². The maximum absolute atomic E-state index is 13.1. The summed E-state index contributed by atoms with van der Waals surface area (Å²) in [5.74, 6) is -2.53. The van der Waals surface area contributed by atoms with Crippen molar-refractivity contribution in [3.63, 3.8) is 0 Å². The van der Waals surface area contributed by atoms with Gasteiger partial charge in [-0.1, -0.05) is 60.7 Å². The van der Waals surface area contributed by atoms with Gasteiger partial charge in [0.2, 0.25) is 5.91 Å². The first-order valence-corrected chi connectivity index (χ1v) is 10.5. The molecule has 0 saturated carbocycles. The van der Waals surface area contributed by atoms with E-state index in [1.54, 1.807) is 6.92 Å². The number of carboxylic acid groups (broad SMARTS) is 2. The molecular weight excluding hydrogens is 396 g/mol. The molecular formula is C24H28N2O5. The Balaban J connectivity index is 1.66. The zero-order chi connectivity index (χ0) is 22.4. The van der Waals surface area contributed by atoms with Crippen LogP contribution in [0.2, 0.25) is 0 Å². The largest absolute Gasteiger partial charge is 0.480 e. The number of rotatable bonds is 9. The van der Waals surface area contributed by atoms with Crippen LogP contribution < -0.4 is 5.32 Å². The average molecular weight is 424 g/mol. The maximum Gasteiger partial charge on any atom is 0.326 e. The molecule has 2 aromatic carbocycles. The van der Waals surface area contributed by atoms with Gasteiger partial charge in [-0.3, -0.25) is 14.9 Å². The van der Waals surface area contributed by atoms with Crippen molar-refractivity contribution in [3.05, 3.63) is 71.8 Å². The SMILES string of the molecule is C[C@H](N[C@@H](CCc1ccccc1)C(=O)O)C(=O)N1CC(c2ccccc2)C[C@H]1C(=O)O. The van der Waals surface area contributed by atoms with E-state index in [9.17, 15) is 24.6 Å². The third kappa shape index (κ3) is 5.70. The van der Waals surface area contributed by atoms with Gasteiger partial charge in [-0.25, -0.2) is 4.79 Å². The molecule has 0 aromatic heterocycles. The lowest BCUT2D eigenvalue weighted by Crippen LogP contribution is -2.53. The summed E-state index contributed by atoms with van der Waals surface area (Å²) >= 11 is 0. The fourth-order valence-electron chi connectivity index (χ4n) is 4.14. The van der Waals surface area contributed by atoms with Gasteiger partial charge in [0.25, 0.3) is 0 Å². The number of hydrogen-bond donors (Lipinski definition) is 3. The number of amides is 1. The minimum atomic E-state index is -1.04. The summed E-state index contributed by atoms with van der Waals surface area (Å²) in [6.45, 7) is 1.89. The summed E-state index contributed by atoms with van der Waals surface area (Å²) in [5, 5.41) is 22.1. The molecule has 1 aliphatic heterocycles. The second-order valence-corrected chi connectivity index (χ2v) is 7.99. The predicted octanol–water partition coefficient (Wildman–Crippen LogP) is 2.52. The number of aryl methyl sites for hydroxylation is 1. The predicted molar refractivity (Wildman–Crippen MR) is 116 cm³/mol. The molecule has 1 unspecified atom stereocenters. The summed E-state index contributed by atoms with van der Waals surface area (Å²) < 4.78 is 0. The molecule has 1 aliphatic rings. The molecule has 7 heteroatoms. The van der Waals surface area contributed by atoms with Crippen molar-refractivity contribution >= 4 is 17.8 Å². The third-order valence-corrected chi connectivity index (χ3v) is 5.82. The van der Waals surface area contributed by atoms with Gasteiger partial charge in [-0.05, 0) is 37.3 Å². The Kier molecular flexibility index (Phi) is 7.41. The highest BCUT2D eigenvalue weighted by molar-refractivity contribution is 5.88. The molecule has 3 rings (SSSR count). The van der Waals surface area contributed by atoms with Crippen LogP contribution in [0, 0.1) is 0 Å². The van der Waals surface area contributed by atoms with Gasteiger partial charge in [-0.2, -0.15) is 0 Å². The van der Waals surface area contributed by atoms with Crippen LogP contribution in [0.15, 0.2) is 60.7 Å². The van der Waals surface area contributed by atoms with Crippen LogP contribution in [0.5, 0.6) is 0 Å². The first kappa shape index (κ1) is 22.5. The summed E-state index contributed by atoms with van der Waals surface area (Å²) in [5.41, 5.74) is 2.02. The van der Waals surface area contributed by atoms with Gasteiger partial charge in [-0.15, -0.1) is 0 Å². The average Bonchev–Trinajstić information content (AvgIpc) is 3.23. The standard InChI is InChI=1S/C24H28N2O5/c1-16(25-20(23(28)29)13-12-17-8-4-2-5-9-17)22(27)26-15-19(14-21(26)24(30)31)18-10-6-3-7-11-18/h2-11,16,19-21,25H,12-15H2,1H3,(H,28,29)(H,30,31)/t16-,19?,20-,21-/m0/s1. The minimum absolute atomic E-state index is 0.0631. The highest BCUT2D eigenvalue weighted by Crippen LogP contribution is 2.32. The van der Waals surface area contributed by atoms with Gasteiger partial charge in [0.1, 0.15) is 12.1 Å². The van der Waals surface area contributed by atoms with E-state index in [0.29, 0.717) is 25.8 Å². The fourth-order valence-corrected chi connectivity index (χ4v) is 4.14. The van der Waals surface area contributed by atoms with Crippen molar-refractivity contribution in [1.29, 1.82) is 0 Å². The van der Waals surface area contributed by atoms with Crippen molar-refractivity contribution < 1.29 is 24.6 Å². The van der Waals surface area contributed by atoms with Crippen LogP contribution in [-0.2, 0) is 20.8 Å². The Morgan fingerprint density at radius 2 is 1.65 bits per heavy atom. The molecule has 164 valence electrons. The second kappa shape index (κ2) is 10.2. The molecule has 4 atom stereocenters. The van der Waals surface area contributed by atoms with Crippen molar-refractivity contribution in [2.24, 2.45) is 0 Å². The Labute approximate surface area is 181 Å². The van der Waals surface area contributed by atoms with E-state index in [1.165, 1.54) is 4.90 Å². The molecule has 1 heterocycles. The number of carbonyl (C=O) groups is 3. The molecule has 1 fully saturated rings. The third-order valence-electron chi connectivity index (χ3n) is 5.82. The van der Waals surface area contributed by atoms with Crippen LogP contribution >= 0.6 is 0 Å². The molecule has 1 saturated heterocycles. The van der Waals surface area contributed by atoms with Gasteiger partial charge in [0, 0.05) is 12.5 Å². The fraction of sp³-hybridized carbons (Fsp3) is 0.375. The lowest BCUT2D eigenvalue weighted by molar-refractivity contribution is -0.149. The van der Waals surface area contributed by atoms with Crippen LogP contribution in [0.25, 0.3) is 0 Å². The molecule has 0 spiro atoms. The molecule has 1 amide bonds. The molecule has 3 N–H and O–H groups in total. The second-order valence-electron chi connectivity index (χ2n) is 7.99. The van der Waals surface area contributed by atoms with Crippen molar-refractivity contribution in [3.8, 4) is 0 Å². The summed E-state index contributed by atoms with van der Waals surface area (Å²) in [4.78, 5) is 38.0. The highest BCUT2D eigenvalue weighted by atomic mass is 16.4. The molecule has 7 nitrogen and oxygen atoms in total. The van der Waals surface area contributed by atoms with Crippen molar-refractivity contribution in [2.45, 2.75) is 50.2 Å². The number of nitrogens with one attached hydrogen (secondary N) is 1. The quantitative estimate of drug-likeness (QED) is 0.571. The number of nitrogens with zero attached hydrogens (tertiary/aromatic N) is 1. The first-order valence-electron chi connectivity index (χ1n) is 10.5. The van der Waals surface area contributed by atoms with Crippen LogP contribution in [-0.4, -0.2) is 57.6 Å². The summed E-state index contributed by atoms with van der Waals surface area (Å²) in [6.07, 6.45) is 1.23. The van der Waals surface area contributed by atoms with Crippen molar-refractivity contribution in [2.75, 3.05) is 6.54 Å². The zero-order valence-corrected chi connectivity index (χ0v) is 17.5. The number of carboxylic acids is 2. The lowest BCUT2D eigenvalue weighted by atomic mass is 9.96. The summed E-state index contributed by atoms with van der Waals surface area (Å²) in [7, 11) is 0. The van der Waals surface area contributed by atoms with E-state index in [0.717, 1.165) is 11.1 Å². The maximum atomic E-state index is 13.1. The highest BCUT2D eigenvalue weighted by Gasteiger charge is 2.41. The van der Waals surface area contributed by atoms with Crippen molar-refractivity contribution in [1.82, 2.24) is 10.2 Å². The monoisotopic (exact) mass is 424 g/mol. The molecule has 0 bridgehead atoms. The van der Waals surface area contributed by atoms with Gasteiger partial charge in [0.05, 0.1) is 6.04 Å². The molecule has 31 heavy (non-hydrogen) atoms. The van der Waals surface area contributed by atoms with E-state index in [2.05, 4.69) is 5.32 Å². The Hall–Kier alpha value is -3.19. The van der Waals surface area contributed by atoms with Gasteiger partial charge in [0.15, 0.2) is 0 Å². The van der Waals surface area contributed by atoms with Crippen LogP contribution in [0.4, 0.5) is 0 Å². The molecule has 0 radical (unpaired) electrons. The lowest BCUT2D eigenvalue weighted by Gasteiger charge is -2.27. The molecule has 0 aliphatic carbocycles. The molecule has 2 aromatic rings. The van der Waals surface area contributed by atoms with E-state index in [4.69, 9.17) is 0 Å². The first-order chi connectivity index (χ1) is 14.9. The van der Waals surface area contributed by atoms with E-state index in [-0.39, 0.29) is 5.92 Å². The van der Waals surface area contributed by atoms with Crippen LogP contribution in [0.3, 0.4) is 0 Å². The van der Waals surface area contributed by atoms with E-state index >= 15 is 0 Å². The van der Waals surface area contributed by atoms with Gasteiger partial charge >= 0.3 is 11.9 Å². The Morgan fingerprint density at radius 1 is 1.03 bits per heavy atom.